The molecule has 0 aliphatic heterocycles. The highest BCUT2D eigenvalue weighted by atomic mass is 16.1. The van der Waals surface area contributed by atoms with E-state index in [1.165, 1.54) is 0 Å². The van der Waals surface area contributed by atoms with Crippen LogP contribution in [0.1, 0.15) is 27.7 Å². The number of carbonyl (C=O) groups is 1. The summed E-state index contributed by atoms with van der Waals surface area (Å²) in [7, 11) is 0. The standard InChI is InChI=1S/C13H16O/c1-6-11(4)13(5)8-9(2)7-10(3)12(13)14/h1,7-8,11H,2-5H3/t11-,13-/m1/s1. The predicted molar refractivity (Wildman–Crippen MR) is 58.6 cm³/mol. The molecule has 1 aliphatic rings. The molecule has 1 rings (SSSR count). The number of hydrogen-bond acceptors (Lipinski definition) is 1. The van der Waals surface area contributed by atoms with Crippen molar-refractivity contribution < 1.29 is 4.79 Å². The second-order valence-electron chi connectivity index (χ2n) is 4.22. The SMILES string of the molecule is C#C[C@@H](C)[C@@]1(C)C=C(C)C=C(C)C1=O. The van der Waals surface area contributed by atoms with Crippen molar-refractivity contribution in [3.8, 4) is 12.3 Å². The Morgan fingerprint density at radius 3 is 2.57 bits per heavy atom. The fourth-order valence-electron chi connectivity index (χ4n) is 1.91. The molecular weight excluding hydrogens is 172 g/mol. The molecule has 1 heteroatoms. The number of Topliss-reactive ketones (excluding diaryl/α,β-unsaturated/α-hetero) is 1. The van der Waals surface area contributed by atoms with Gasteiger partial charge in [0.25, 0.3) is 0 Å². The summed E-state index contributed by atoms with van der Waals surface area (Å²) in [5, 5.41) is 0. The van der Waals surface area contributed by atoms with Gasteiger partial charge in [-0.2, -0.15) is 0 Å². The summed E-state index contributed by atoms with van der Waals surface area (Å²) in [5.41, 5.74) is 1.40. The number of allylic oxidation sites excluding steroid dienone is 4. The van der Waals surface area contributed by atoms with Crippen LogP contribution >= 0.6 is 0 Å². The third-order valence-electron chi connectivity index (χ3n) is 2.97. The summed E-state index contributed by atoms with van der Waals surface area (Å²) in [4.78, 5) is 12.0. The molecule has 0 bridgehead atoms. The monoisotopic (exact) mass is 188 g/mol. The van der Waals surface area contributed by atoms with Gasteiger partial charge in [-0.1, -0.05) is 24.6 Å². The fourth-order valence-corrected chi connectivity index (χ4v) is 1.91. The second-order valence-corrected chi connectivity index (χ2v) is 4.22. The number of ketones is 1. The van der Waals surface area contributed by atoms with Crippen LogP contribution in [-0.2, 0) is 4.79 Å². The van der Waals surface area contributed by atoms with E-state index in [2.05, 4.69) is 5.92 Å². The van der Waals surface area contributed by atoms with Crippen LogP contribution in [0.15, 0.2) is 23.3 Å². The van der Waals surface area contributed by atoms with E-state index in [1.54, 1.807) is 0 Å². The maximum absolute atomic E-state index is 12.0. The first-order valence-electron chi connectivity index (χ1n) is 4.80. The number of hydrogen-bond donors (Lipinski definition) is 0. The van der Waals surface area contributed by atoms with E-state index in [-0.39, 0.29) is 11.7 Å². The van der Waals surface area contributed by atoms with E-state index in [9.17, 15) is 4.79 Å². The second kappa shape index (κ2) is 3.46. The Balaban J connectivity index is 3.20. The maximum Gasteiger partial charge on any atom is 0.169 e. The van der Waals surface area contributed by atoms with Crippen LogP contribution in [0.5, 0.6) is 0 Å². The minimum atomic E-state index is -0.516. The largest absolute Gasteiger partial charge is 0.294 e. The van der Waals surface area contributed by atoms with Gasteiger partial charge >= 0.3 is 0 Å². The highest BCUT2D eigenvalue weighted by molar-refractivity contribution is 6.02. The molecule has 0 spiro atoms. The van der Waals surface area contributed by atoms with Gasteiger partial charge in [0.05, 0.1) is 5.41 Å². The predicted octanol–water partition coefficient (Wildman–Crippen LogP) is 2.74. The lowest BCUT2D eigenvalue weighted by molar-refractivity contribution is -0.123. The maximum atomic E-state index is 12.0. The first-order valence-corrected chi connectivity index (χ1v) is 4.80. The Labute approximate surface area is 85.9 Å². The van der Waals surface area contributed by atoms with Crippen LogP contribution < -0.4 is 0 Å². The van der Waals surface area contributed by atoms with Crippen molar-refractivity contribution in [3.05, 3.63) is 23.3 Å². The number of rotatable bonds is 1. The molecule has 0 N–H and O–H groups in total. The molecule has 0 aromatic carbocycles. The van der Waals surface area contributed by atoms with Gasteiger partial charge in [0.2, 0.25) is 0 Å². The molecule has 0 unspecified atom stereocenters. The molecule has 0 aromatic rings. The van der Waals surface area contributed by atoms with Crippen LogP contribution in [-0.4, -0.2) is 5.78 Å². The van der Waals surface area contributed by atoms with Crippen molar-refractivity contribution in [2.45, 2.75) is 27.7 Å². The van der Waals surface area contributed by atoms with E-state index in [0.717, 1.165) is 11.1 Å². The van der Waals surface area contributed by atoms with Crippen molar-refractivity contribution in [3.63, 3.8) is 0 Å². The van der Waals surface area contributed by atoms with Crippen molar-refractivity contribution in [2.75, 3.05) is 0 Å². The molecule has 1 aliphatic carbocycles. The Hall–Kier alpha value is -1.29. The molecule has 0 amide bonds. The molecule has 0 fully saturated rings. The highest BCUT2D eigenvalue weighted by Crippen LogP contribution is 2.36. The highest BCUT2D eigenvalue weighted by Gasteiger charge is 2.38. The summed E-state index contributed by atoms with van der Waals surface area (Å²) in [6.45, 7) is 7.68. The summed E-state index contributed by atoms with van der Waals surface area (Å²) >= 11 is 0. The molecule has 0 saturated carbocycles. The average Bonchev–Trinajstić information content (AvgIpc) is 2.12. The van der Waals surface area contributed by atoms with Crippen LogP contribution in [0.2, 0.25) is 0 Å². The molecule has 0 heterocycles. The molecule has 2 atom stereocenters. The van der Waals surface area contributed by atoms with Crippen molar-refractivity contribution in [2.24, 2.45) is 11.3 Å². The zero-order chi connectivity index (χ0) is 10.9. The van der Waals surface area contributed by atoms with Gasteiger partial charge in [-0.15, -0.1) is 12.3 Å². The van der Waals surface area contributed by atoms with Crippen molar-refractivity contribution in [1.29, 1.82) is 0 Å². The minimum Gasteiger partial charge on any atom is -0.294 e. The van der Waals surface area contributed by atoms with Gasteiger partial charge in [-0.05, 0) is 26.3 Å². The third kappa shape index (κ3) is 1.53. The van der Waals surface area contributed by atoms with E-state index >= 15 is 0 Å². The van der Waals surface area contributed by atoms with Gasteiger partial charge in [-0.3, -0.25) is 4.79 Å². The summed E-state index contributed by atoms with van der Waals surface area (Å²) in [5.74, 6) is 2.74. The van der Waals surface area contributed by atoms with Crippen LogP contribution in [0, 0.1) is 23.7 Å². The average molecular weight is 188 g/mol. The van der Waals surface area contributed by atoms with Gasteiger partial charge in [0.1, 0.15) is 0 Å². The first kappa shape index (κ1) is 10.8. The molecule has 0 radical (unpaired) electrons. The molecule has 14 heavy (non-hydrogen) atoms. The fraction of sp³-hybridized carbons (Fsp3) is 0.462. The van der Waals surface area contributed by atoms with Gasteiger partial charge in [0, 0.05) is 5.92 Å². The topological polar surface area (TPSA) is 17.1 Å². The van der Waals surface area contributed by atoms with Crippen molar-refractivity contribution >= 4 is 5.78 Å². The Morgan fingerprint density at radius 1 is 1.50 bits per heavy atom. The minimum absolute atomic E-state index is 0.0615. The van der Waals surface area contributed by atoms with Crippen LogP contribution in [0.25, 0.3) is 0 Å². The van der Waals surface area contributed by atoms with Gasteiger partial charge in [0.15, 0.2) is 5.78 Å². The first-order chi connectivity index (χ1) is 6.41. The Bertz CT molecular complexity index is 365. The molecule has 74 valence electrons. The van der Waals surface area contributed by atoms with E-state index < -0.39 is 5.41 Å². The summed E-state index contributed by atoms with van der Waals surface area (Å²) in [6, 6.07) is 0. The van der Waals surface area contributed by atoms with Gasteiger partial charge in [-0.25, -0.2) is 0 Å². The van der Waals surface area contributed by atoms with E-state index in [1.807, 2.05) is 39.8 Å². The number of carbonyl (C=O) groups excluding carboxylic acids is 1. The molecule has 1 nitrogen and oxygen atoms in total. The lowest BCUT2D eigenvalue weighted by Crippen LogP contribution is -2.34. The Kier molecular flexibility index (Phi) is 2.66. The number of terminal acetylenes is 1. The summed E-state index contributed by atoms with van der Waals surface area (Å²) in [6.07, 6.45) is 9.28. The molecule has 0 aromatic heterocycles. The van der Waals surface area contributed by atoms with Gasteiger partial charge < -0.3 is 0 Å². The van der Waals surface area contributed by atoms with Crippen LogP contribution in [0.3, 0.4) is 0 Å². The third-order valence-corrected chi connectivity index (χ3v) is 2.97. The zero-order valence-corrected chi connectivity index (χ0v) is 9.22. The smallest absolute Gasteiger partial charge is 0.169 e. The quantitative estimate of drug-likeness (QED) is 0.578. The lowest BCUT2D eigenvalue weighted by Gasteiger charge is -2.31. The normalized spacial score (nSPS) is 28.9. The Morgan fingerprint density at radius 2 is 2.07 bits per heavy atom. The van der Waals surface area contributed by atoms with E-state index in [4.69, 9.17) is 6.42 Å². The summed E-state index contributed by atoms with van der Waals surface area (Å²) < 4.78 is 0. The van der Waals surface area contributed by atoms with Crippen molar-refractivity contribution in [1.82, 2.24) is 0 Å². The van der Waals surface area contributed by atoms with E-state index in [0.29, 0.717) is 0 Å². The molecular formula is C13H16O. The zero-order valence-electron chi connectivity index (χ0n) is 9.22. The van der Waals surface area contributed by atoms with Crippen LogP contribution in [0.4, 0.5) is 0 Å². The lowest BCUT2D eigenvalue weighted by atomic mass is 9.69. The molecule has 0 saturated heterocycles.